The van der Waals surface area contributed by atoms with Crippen molar-refractivity contribution in [2.75, 3.05) is 5.32 Å². The molecule has 0 unspecified atom stereocenters. The number of benzene rings is 2. The summed E-state index contributed by atoms with van der Waals surface area (Å²) in [5.74, 6) is -0.495. The molecule has 102 valence electrons. The van der Waals surface area contributed by atoms with Gasteiger partial charge in [-0.1, -0.05) is 31.2 Å². The summed E-state index contributed by atoms with van der Waals surface area (Å²) in [6, 6.07) is 13.7. The molecule has 0 saturated carbocycles. The first-order valence-corrected chi connectivity index (χ1v) is 6.51. The first kappa shape index (κ1) is 14.0. The maximum absolute atomic E-state index is 12.7. The zero-order valence-electron chi connectivity index (χ0n) is 11.3. The van der Waals surface area contributed by atoms with E-state index in [4.69, 9.17) is 0 Å². The number of hydrogen-bond acceptors (Lipinski definition) is 1. The molecule has 1 N–H and O–H groups in total. The number of anilines is 1. The molecular weight excluding hydrogens is 253 g/mol. The van der Waals surface area contributed by atoms with Crippen LogP contribution in [0.3, 0.4) is 0 Å². The monoisotopic (exact) mass is 269 g/mol. The lowest BCUT2D eigenvalue weighted by molar-refractivity contribution is -0.111. The summed E-state index contributed by atoms with van der Waals surface area (Å²) in [6.45, 7) is 2.06. The number of nitrogens with one attached hydrogen (secondary N) is 1. The van der Waals surface area contributed by atoms with Crippen molar-refractivity contribution < 1.29 is 9.18 Å². The van der Waals surface area contributed by atoms with Gasteiger partial charge in [0, 0.05) is 11.8 Å². The quantitative estimate of drug-likeness (QED) is 0.834. The molecule has 2 nitrogen and oxygen atoms in total. The highest BCUT2D eigenvalue weighted by Crippen LogP contribution is 2.11. The van der Waals surface area contributed by atoms with Gasteiger partial charge < -0.3 is 5.32 Å². The van der Waals surface area contributed by atoms with Crippen molar-refractivity contribution >= 4 is 17.7 Å². The number of hydrogen-bond donors (Lipinski definition) is 1. The van der Waals surface area contributed by atoms with Crippen LogP contribution in [-0.4, -0.2) is 5.91 Å². The highest BCUT2D eigenvalue weighted by molar-refractivity contribution is 6.01. The molecule has 2 aromatic rings. The maximum Gasteiger partial charge on any atom is 0.248 e. The summed E-state index contributed by atoms with van der Waals surface area (Å²) in [5, 5.41) is 2.80. The Bertz CT molecular complexity index is 617. The molecule has 0 heterocycles. The van der Waals surface area contributed by atoms with Gasteiger partial charge in [0.2, 0.25) is 5.91 Å². The molecule has 0 aliphatic carbocycles. The van der Waals surface area contributed by atoms with E-state index < -0.39 is 0 Å². The highest BCUT2D eigenvalue weighted by Gasteiger charge is 1.98. The molecule has 0 aliphatic heterocycles. The van der Waals surface area contributed by atoms with E-state index in [0.29, 0.717) is 0 Å². The molecule has 1 amide bonds. The summed E-state index contributed by atoms with van der Waals surface area (Å²) < 4.78 is 12.7. The Morgan fingerprint density at radius 1 is 1.20 bits per heavy atom. The van der Waals surface area contributed by atoms with Crippen molar-refractivity contribution in [3.8, 4) is 0 Å². The van der Waals surface area contributed by atoms with Gasteiger partial charge in [-0.2, -0.15) is 0 Å². The standard InChI is InChI=1S/C17H16FNO/c1-2-13-4-3-5-16(12-13)19-17(20)11-8-14-6-9-15(18)10-7-14/h3-12H,2H2,1H3,(H,19,20)/b11-8+. The summed E-state index contributed by atoms with van der Waals surface area (Å²) in [5.41, 5.74) is 2.73. The lowest BCUT2D eigenvalue weighted by Crippen LogP contribution is -2.07. The Balaban J connectivity index is 1.99. The summed E-state index contributed by atoms with van der Waals surface area (Å²) in [7, 11) is 0. The van der Waals surface area contributed by atoms with Crippen LogP contribution in [0.15, 0.2) is 54.6 Å². The van der Waals surface area contributed by atoms with Gasteiger partial charge in [0.1, 0.15) is 5.82 Å². The van der Waals surface area contributed by atoms with Gasteiger partial charge in [0.25, 0.3) is 0 Å². The van der Waals surface area contributed by atoms with Gasteiger partial charge in [0.05, 0.1) is 0 Å². The Hall–Kier alpha value is -2.42. The van der Waals surface area contributed by atoms with E-state index in [9.17, 15) is 9.18 Å². The fourth-order valence-electron chi connectivity index (χ4n) is 1.80. The topological polar surface area (TPSA) is 29.1 Å². The largest absolute Gasteiger partial charge is 0.323 e. The minimum Gasteiger partial charge on any atom is -0.323 e. The fraction of sp³-hybridized carbons (Fsp3) is 0.118. The van der Waals surface area contributed by atoms with Crippen LogP contribution in [0.5, 0.6) is 0 Å². The minimum atomic E-state index is -0.289. The third-order valence-corrected chi connectivity index (χ3v) is 2.90. The molecule has 0 bridgehead atoms. The van der Waals surface area contributed by atoms with Gasteiger partial charge in [-0.05, 0) is 47.9 Å². The van der Waals surface area contributed by atoms with Gasteiger partial charge >= 0.3 is 0 Å². The number of halogens is 1. The lowest BCUT2D eigenvalue weighted by Gasteiger charge is -2.04. The first-order valence-electron chi connectivity index (χ1n) is 6.51. The highest BCUT2D eigenvalue weighted by atomic mass is 19.1. The van der Waals surface area contributed by atoms with E-state index in [1.165, 1.54) is 23.8 Å². The summed E-state index contributed by atoms with van der Waals surface area (Å²) in [4.78, 5) is 11.8. The number of carbonyl (C=O) groups is 1. The second-order valence-corrected chi connectivity index (χ2v) is 4.43. The third-order valence-electron chi connectivity index (χ3n) is 2.90. The predicted octanol–water partition coefficient (Wildman–Crippen LogP) is 4.04. The minimum absolute atomic E-state index is 0.206. The number of rotatable bonds is 4. The average Bonchev–Trinajstić information content (AvgIpc) is 2.47. The normalized spacial score (nSPS) is 10.7. The van der Waals surface area contributed by atoms with E-state index >= 15 is 0 Å². The molecule has 20 heavy (non-hydrogen) atoms. The average molecular weight is 269 g/mol. The number of aryl methyl sites for hydroxylation is 1. The maximum atomic E-state index is 12.7. The van der Waals surface area contributed by atoms with Gasteiger partial charge in [0.15, 0.2) is 0 Å². The van der Waals surface area contributed by atoms with Crippen molar-refractivity contribution in [2.24, 2.45) is 0 Å². The van der Waals surface area contributed by atoms with E-state index in [0.717, 1.165) is 17.7 Å². The molecule has 0 fully saturated rings. The van der Waals surface area contributed by atoms with E-state index in [-0.39, 0.29) is 11.7 Å². The molecular formula is C17H16FNO. The van der Waals surface area contributed by atoms with Crippen molar-refractivity contribution in [1.82, 2.24) is 0 Å². The smallest absolute Gasteiger partial charge is 0.248 e. The second-order valence-electron chi connectivity index (χ2n) is 4.43. The van der Waals surface area contributed by atoms with E-state index in [2.05, 4.69) is 12.2 Å². The second kappa shape index (κ2) is 6.66. The van der Waals surface area contributed by atoms with Gasteiger partial charge in [-0.25, -0.2) is 4.39 Å². The van der Waals surface area contributed by atoms with Crippen molar-refractivity contribution in [2.45, 2.75) is 13.3 Å². The van der Waals surface area contributed by atoms with Crippen LogP contribution >= 0.6 is 0 Å². The molecule has 0 spiro atoms. The van der Waals surface area contributed by atoms with Gasteiger partial charge in [-0.3, -0.25) is 4.79 Å². The third kappa shape index (κ3) is 4.05. The molecule has 2 rings (SSSR count). The van der Waals surface area contributed by atoms with E-state index in [1.54, 1.807) is 18.2 Å². The van der Waals surface area contributed by atoms with Crippen molar-refractivity contribution in [1.29, 1.82) is 0 Å². The Morgan fingerprint density at radius 2 is 1.95 bits per heavy atom. The van der Waals surface area contributed by atoms with Crippen LogP contribution in [0, 0.1) is 5.82 Å². The molecule has 0 aromatic heterocycles. The van der Waals surface area contributed by atoms with Crippen LogP contribution in [0.25, 0.3) is 6.08 Å². The Kier molecular flexibility index (Phi) is 4.66. The van der Waals surface area contributed by atoms with Crippen LogP contribution in [0.1, 0.15) is 18.1 Å². The summed E-state index contributed by atoms with van der Waals surface area (Å²) >= 11 is 0. The van der Waals surface area contributed by atoms with Crippen molar-refractivity contribution in [3.63, 3.8) is 0 Å². The van der Waals surface area contributed by atoms with E-state index in [1.807, 2.05) is 24.3 Å². The predicted molar refractivity (Wildman–Crippen MR) is 79.9 cm³/mol. The number of carbonyl (C=O) groups excluding carboxylic acids is 1. The van der Waals surface area contributed by atoms with Crippen LogP contribution in [-0.2, 0) is 11.2 Å². The molecule has 0 radical (unpaired) electrons. The zero-order chi connectivity index (χ0) is 14.4. The SMILES string of the molecule is CCc1cccc(NC(=O)/C=C/c2ccc(F)cc2)c1. The molecule has 3 heteroatoms. The summed E-state index contributed by atoms with van der Waals surface area (Å²) in [6.07, 6.45) is 4.01. The fourth-order valence-corrected chi connectivity index (χ4v) is 1.80. The van der Waals surface area contributed by atoms with Gasteiger partial charge in [-0.15, -0.1) is 0 Å². The molecule has 2 aromatic carbocycles. The van der Waals surface area contributed by atoms with Crippen LogP contribution in [0.4, 0.5) is 10.1 Å². The molecule has 0 atom stereocenters. The Morgan fingerprint density at radius 3 is 2.65 bits per heavy atom. The van der Waals surface area contributed by atoms with Crippen LogP contribution in [0.2, 0.25) is 0 Å². The van der Waals surface area contributed by atoms with Crippen molar-refractivity contribution in [3.05, 3.63) is 71.6 Å². The Labute approximate surface area is 118 Å². The molecule has 0 aliphatic rings. The molecule has 0 saturated heterocycles. The first-order chi connectivity index (χ1) is 9.67. The lowest BCUT2D eigenvalue weighted by atomic mass is 10.1. The van der Waals surface area contributed by atoms with Crippen LogP contribution < -0.4 is 5.32 Å². The number of amides is 1. The zero-order valence-corrected chi connectivity index (χ0v) is 11.3.